The van der Waals surface area contributed by atoms with E-state index in [1.165, 1.54) is 19.3 Å². The first-order valence-electron chi connectivity index (χ1n) is 11.6. The van der Waals surface area contributed by atoms with E-state index in [0.29, 0.717) is 29.4 Å². The number of nitrogens with one attached hydrogen (secondary N) is 1. The van der Waals surface area contributed by atoms with Gasteiger partial charge in [0.15, 0.2) is 0 Å². The molecule has 1 aliphatic rings. The number of likely N-dealkylation sites (tertiary alicyclic amines) is 1. The molecular formula is C26H32N4O4. The Bertz CT molecular complexity index is 1100. The lowest BCUT2D eigenvalue weighted by molar-refractivity contribution is 0.0939. The van der Waals surface area contributed by atoms with Crippen molar-refractivity contribution in [2.24, 2.45) is 0 Å². The molecule has 0 bridgehead atoms. The molecule has 0 unspecified atom stereocenters. The van der Waals surface area contributed by atoms with Crippen LogP contribution in [0.1, 0.15) is 29.8 Å². The Balaban J connectivity index is 1.63. The van der Waals surface area contributed by atoms with Gasteiger partial charge in [0, 0.05) is 24.7 Å². The SMILES string of the molecule is COc1ccc(-n2nc(-c3ccc(OC)cc3OC)cc2C(=O)NCCN2CCCCC2)cc1. The van der Waals surface area contributed by atoms with Crippen molar-refractivity contribution in [1.82, 2.24) is 20.0 Å². The van der Waals surface area contributed by atoms with Crippen molar-refractivity contribution >= 4 is 5.91 Å². The highest BCUT2D eigenvalue weighted by Gasteiger charge is 2.20. The zero-order valence-corrected chi connectivity index (χ0v) is 20.0. The number of benzene rings is 2. The van der Waals surface area contributed by atoms with Gasteiger partial charge in [0.25, 0.3) is 5.91 Å². The van der Waals surface area contributed by atoms with Crippen LogP contribution in [0.15, 0.2) is 48.5 Å². The number of amides is 1. The van der Waals surface area contributed by atoms with Crippen molar-refractivity contribution in [3.63, 3.8) is 0 Å². The van der Waals surface area contributed by atoms with Crippen molar-refractivity contribution in [2.45, 2.75) is 19.3 Å². The van der Waals surface area contributed by atoms with Gasteiger partial charge in [-0.2, -0.15) is 5.10 Å². The summed E-state index contributed by atoms with van der Waals surface area (Å²) in [5.74, 6) is 1.88. The van der Waals surface area contributed by atoms with Crippen LogP contribution in [0.5, 0.6) is 17.2 Å². The Kier molecular flexibility index (Phi) is 7.69. The number of carbonyl (C=O) groups excluding carboxylic acids is 1. The summed E-state index contributed by atoms with van der Waals surface area (Å²) in [5, 5.41) is 7.85. The second-order valence-corrected chi connectivity index (χ2v) is 8.25. The van der Waals surface area contributed by atoms with Gasteiger partial charge in [-0.3, -0.25) is 4.79 Å². The molecule has 0 saturated carbocycles. The molecule has 0 spiro atoms. The van der Waals surface area contributed by atoms with E-state index < -0.39 is 0 Å². The number of hydrogen-bond acceptors (Lipinski definition) is 6. The van der Waals surface area contributed by atoms with Crippen molar-refractivity contribution in [3.05, 3.63) is 54.2 Å². The number of methoxy groups -OCH3 is 3. The maximum atomic E-state index is 13.2. The molecule has 1 saturated heterocycles. The van der Waals surface area contributed by atoms with E-state index in [4.69, 9.17) is 19.3 Å². The van der Waals surface area contributed by atoms with E-state index in [0.717, 1.165) is 36.6 Å². The Morgan fingerprint density at radius 2 is 1.62 bits per heavy atom. The number of nitrogens with zero attached hydrogens (tertiary/aromatic N) is 3. The minimum Gasteiger partial charge on any atom is -0.497 e. The lowest BCUT2D eigenvalue weighted by Gasteiger charge is -2.26. The molecule has 0 atom stereocenters. The highest BCUT2D eigenvalue weighted by atomic mass is 16.5. The van der Waals surface area contributed by atoms with Crippen molar-refractivity contribution < 1.29 is 19.0 Å². The summed E-state index contributed by atoms with van der Waals surface area (Å²) in [5.41, 5.74) is 2.63. The minimum atomic E-state index is -0.168. The molecule has 3 aromatic rings. The molecule has 1 fully saturated rings. The summed E-state index contributed by atoms with van der Waals surface area (Å²) in [4.78, 5) is 15.6. The first-order chi connectivity index (χ1) is 16.6. The Hall–Kier alpha value is -3.52. The minimum absolute atomic E-state index is 0.168. The van der Waals surface area contributed by atoms with Crippen molar-refractivity contribution in [1.29, 1.82) is 0 Å². The zero-order valence-electron chi connectivity index (χ0n) is 20.0. The van der Waals surface area contributed by atoms with Gasteiger partial charge in [0.05, 0.1) is 32.7 Å². The number of aromatic nitrogens is 2. The highest BCUT2D eigenvalue weighted by Crippen LogP contribution is 2.33. The molecule has 4 rings (SSSR count). The highest BCUT2D eigenvalue weighted by molar-refractivity contribution is 5.94. The molecule has 2 aromatic carbocycles. The molecule has 2 heterocycles. The van der Waals surface area contributed by atoms with Gasteiger partial charge in [-0.1, -0.05) is 6.42 Å². The predicted molar refractivity (Wildman–Crippen MR) is 131 cm³/mol. The number of carbonyl (C=O) groups is 1. The van der Waals surface area contributed by atoms with Gasteiger partial charge >= 0.3 is 0 Å². The quantitative estimate of drug-likeness (QED) is 0.519. The van der Waals surface area contributed by atoms with Gasteiger partial charge in [0.2, 0.25) is 0 Å². The standard InChI is InChI=1S/C26H32N4O4/c1-32-20-9-7-19(8-10-20)30-24(26(31)27-13-16-29-14-5-4-6-15-29)18-23(28-30)22-12-11-21(33-2)17-25(22)34-3/h7-12,17-18H,4-6,13-16H2,1-3H3,(H,27,31). The Labute approximate surface area is 200 Å². The predicted octanol–water partition coefficient (Wildman–Crippen LogP) is 3.78. The van der Waals surface area contributed by atoms with Crippen LogP contribution in [0.3, 0.4) is 0 Å². The smallest absolute Gasteiger partial charge is 0.270 e. The Morgan fingerprint density at radius 3 is 2.29 bits per heavy atom. The molecular weight excluding hydrogens is 432 g/mol. The number of hydrogen-bond donors (Lipinski definition) is 1. The zero-order chi connectivity index (χ0) is 23.9. The van der Waals surface area contributed by atoms with Crippen LogP contribution in [0, 0.1) is 0 Å². The van der Waals surface area contributed by atoms with Crippen LogP contribution >= 0.6 is 0 Å². The molecule has 0 radical (unpaired) electrons. The molecule has 8 nitrogen and oxygen atoms in total. The van der Waals surface area contributed by atoms with Crippen LogP contribution in [0.4, 0.5) is 0 Å². The van der Waals surface area contributed by atoms with Gasteiger partial charge < -0.3 is 24.4 Å². The fourth-order valence-corrected chi connectivity index (χ4v) is 4.21. The maximum absolute atomic E-state index is 13.2. The molecule has 8 heteroatoms. The topological polar surface area (TPSA) is 77.8 Å². The van der Waals surface area contributed by atoms with Crippen LogP contribution in [0.25, 0.3) is 16.9 Å². The largest absolute Gasteiger partial charge is 0.497 e. The fraction of sp³-hybridized carbons (Fsp3) is 0.385. The lowest BCUT2D eigenvalue weighted by atomic mass is 10.1. The van der Waals surface area contributed by atoms with Gasteiger partial charge in [-0.05, 0) is 68.4 Å². The molecule has 180 valence electrons. The maximum Gasteiger partial charge on any atom is 0.270 e. The van der Waals surface area contributed by atoms with Gasteiger partial charge in [-0.25, -0.2) is 4.68 Å². The van der Waals surface area contributed by atoms with E-state index in [1.54, 1.807) is 38.1 Å². The summed E-state index contributed by atoms with van der Waals surface area (Å²) in [6.07, 6.45) is 3.75. The Morgan fingerprint density at radius 1 is 0.912 bits per heavy atom. The number of rotatable bonds is 9. The third-order valence-electron chi connectivity index (χ3n) is 6.11. The molecule has 34 heavy (non-hydrogen) atoms. The van der Waals surface area contributed by atoms with E-state index in [1.807, 2.05) is 36.4 Å². The molecule has 1 amide bonds. The monoisotopic (exact) mass is 464 g/mol. The molecule has 1 aromatic heterocycles. The third-order valence-corrected chi connectivity index (χ3v) is 6.11. The lowest BCUT2D eigenvalue weighted by Crippen LogP contribution is -2.38. The summed E-state index contributed by atoms with van der Waals surface area (Å²) < 4.78 is 17.8. The van der Waals surface area contributed by atoms with Crippen molar-refractivity contribution in [3.8, 4) is 34.2 Å². The number of ether oxygens (including phenoxy) is 3. The molecule has 1 aliphatic heterocycles. The second kappa shape index (κ2) is 11.1. The first kappa shape index (κ1) is 23.6. The fourth-order valence-electron chi connectivity index (χ4n) is 4.21. The summed E-state index contributed by atoms with van der Waals surface area (Å²) in [6, 6.07) is 14.8. The van der Waals surface area contributed by atoms with Gasteiger partial charge in [0.1, 0.15) is 22.9 Å². The van der Waals surface area contributed by atoms with Crippen molar-refractivity contribution in [2.75, 3.05) is 47.5 Å². The van der Waals surface area contributed by atoms with E-state index >= 15 is 0 Å². The summed E-state index contributed by atoms with van der Waals surface area (Å²) >= 11 is 0. The van der Waals surface area contributed by atoms with E-state index in [-0.39, 0.29) is 5.91 Å². The van der Waals surface area contributed by atoms with Gasteiger partial charge in [-0.15, -0.1) is 0 Å². The molecule has 1 N–H and O–H groups in total. The van der Waals surface area contributed by atoms with Crippen LogP contribution in [-0.4, -0.2) is 68.1 Å². The molecule has 0 aliphatic carbocycles. The number of piperidine rings is 1. The summed E-state index contributed by atoms with van der Waals surface area (Å²) in [6.45, 7) is 3.64. The third kappa shape index (κ3) is 5.34. The normalized spacial score (nSPS) is 14.0. The van der Waals surface area contributed by atoms with Crippen LogP contribution in [0.2, 0.25) is 0 Å². The van der Waals surface area contributed by atoms with E-state index in [9.17, 15) is 4.79 Å². The van der Waals surface area contributed by atoms with E-state index in [2.05, 4.69) is 10.2 Å². The second-order valence-electron chi connectivity index (χ2n) is 8.25. The average molecular weight is 465 g/mol. The summed E-state index contributed by atoms with van der Waals surface area (Å²) in [7, 11) is 4.84. The van der Waals surface area contributed by atoms with Crippen LogP contribution in [-0.2, 0) is 0 Å². The average Bonchev–Trinajstić information content (AvgIpc) is 3.34. The van der Waals surface area contributed by atoms with Crippen LogP contribution < -0.4 is 19.5 Å². The first-order valence-corrected chi connectivity index (χ1v) is 11.6.